The van der Waals surface area contributed by atoms with Gasteiger partial charge in [0.2, 0.25) is 23.6 Å². The van der Waals surface area contributed by atoms with Crippen LogP contribution in [0.25, 0.3) is 0 Å². The van der Waals surface area contributed by atoms with Crippen molar-refractivity contribution in [3.63, 3.8) is 0 Å². The number of nitrogens with one attached hydrogen (secondary N) is 4. The van der Waals surface area contributed by atoms with Crippen LogP contribution in [-0.2, 0) is 133 Å². The maximum Gasteiger partial charge on any atom is 0.397 e. The van der Waals surface area contributed by atoms with Crippen molar-refractivity contribution in [1.82, 2.24) is 21.3 Å². The van der Waals surface area contributed by atoms with Gasteiger partial charge in [0.15, 0.2) is 69.2 Å². The molecule has 0 spiro atoms. The Balaban J connectivity index is 0.969. The summed E-state index contributed by atoms with van der Waals surface area (Å²) in [5.41, 5.74) is 0. The predicted octanol–water partition coefficient (Wildman–Crippen LogP) is -22.5. The van der Waals surface area contributed by atoms with E-state index >= 15 is 0 Å². The number of ether oxygens (including phenoxy) is 21. The SMILES string of the molecule is CC(=O)N[C@@H]1[C@H](O[C@@H]2[C@@H](O[C@@H]3[C@H](O)[C@H](O[C@H]4[C@H](O)[C@@H](NC(C)=O)[C@H](O[C@H]5[C@H](O)[C@@H](NC(C)=O)[C@H](O)O[C@@H]5CO[C@@H]5O[C@@H](C)[C@@H](O)[C@@H](O)[C@@H]5O)O[C@@H]4CO)O[C@H](CO[C@H]4O[C@H](CO)[C@@H](O)[C@H](O)[C@@H]4O[C@@H]4O[C@H](CO)[C@@H](O[C@@H]5O[C@H](CO)[C@H](O)[C@H](O)[C@H]5O)[C@H](O)[C@H]4NC(C)=O)[C@H]3O)O[C@H](CO)[C@@H](O)[C@@H]2O)O[C@H](COS(=O)(=O)O)[C@@H](O[C@@H]2O[C@H](CO)[C@H](O)[C@H](O)[C@H]2O)[C@@H]1O[C@@H]1O[C@@H](C)[C@@H](O)[C@@H](O)[C@@H]1O. The number of rotatable bonds is 35. The Morgan fingerprint density at radius 1 is 0.243 bits per heavy atom. The highest BCUT2D eigenvalue weighted by atomic mass is 32.3. The van der Waals surface area contributed by atoms with Crippen LogP contribution in [0.5, 0.6) is 0 Å². The van der Waals surface area contributed by atoms with Gasteiger partial charge < -0.3 is 264 Å². The van der Waals surface area contributed by atoms with Crippen molar-refractivity contribution >= 4 is 34.0 Å². The molecule has 0 aliphatic carbocycles. The first-order chi connectivity index (χ1) is 64.0. The summed E-state index contributed by atoms with van der Waals surface area (Å²) in [6.45, 7) is -4.89. The lowest BCUT2D eigenvalue weighted by Gasteiger charge is -2.52. The van der Waals surface area contributed by atoms with Gasteiger partial charge >= 0.3 is 10.4 Å². The number of carbonyl (C=O) groups is 4. The van der Waals surface area contributed by atoms with Crippen molar-refractivity contribution < 1.29 is 279 Å². The van der Waals surface area contributed by atoms with Crippen LogP contribution in [0, 0.1) is 0 Å². The number of carbonyl (C=O) groups excluding carboxylic acids is 4. The fourth-order valence-electron chi connectivity index (χ4n) is 17.3. The second kappa shape index (κ2) is 48.2. The molecule has 55 atom stereocenters. The van der Waals surface area contributed by atoms with Gasteiger partial charge in [-0.05, 0) is 13.8 Å². The van der Waals surface area contributed by atoms with Gasteiger partial charge in [-0.25, -0.2) is 4.18 Å². The molecule has 11 rings (SSSR count). The smallest absolute Gasteiger partial charge is 0.394 e. The third kappa shape index (κ3) is 25.3. The van der Waals surface area contributed by atoms with Gasteiger partial charge in [0, 0.05) is 27.7 Å². The van der Waals surface area contributed by atoms with E-state index in [9.17, 15) is 175 Å². The van der Waals surface area contributed by atoms with E-state index in [2.05, 4.69) is 21.3 Å². The molecule has 788 valence electrons. The van der Waals surface area contributed by atoms with Gasteiger partial charge in [0.1, 0.15) is 256 Å². The van der Waals surface area contributed by atoms with Crippen LogP contribution in [-0.4, -0.2) is 577 Å². The highest BCUT2D eigenvalue weighted by Crippen LogP contribution is 2.42. The van der Waals surface area contributed by atoms with Gasteiger partial charge in [-0.15, -0.1) is 0 Å². The summed E-state index contributed by atoms with van der Waals surface area (Å²) in [6.07, 6.45) is -111. The molecule has 0 aromatic carbocycles. The normalized spacial score (nSPS) is 49.4. The topological polar surface area (TPSA) is 940 Å². The first kappa shape index (κ1) is 112. The molecule has 0 aromatic heterocycles. The van der Waals surface area contributed by atoms with Crippen LogP contribution in [0.4, 0.5) is 0 Å². The van der Waals surface area contributed by atoms with Crippen molar-refractivity contribution in [2.24, 2.45) is 0 Å². The molecule has 0 unspecified atom stereocenters. The Bertz CT molecular complexity index is 3890. The molecule has 0 bridgehead atoms. The minimum Gasteiger partial charge on any atom is -0.394 e. The second-order valence-electron chi connectivity index (χ2n) is 34.3. The summed E-state index contributed by atoms with van der Waals surface area (Å²) in [5.74, 6) is -4.06. The van der Waals surface area contributed by atoms with Crippen molar-refractivity contribution in [3.8, 4) is 0 Å². The second-order valence-corrected chi connectivity index (χ2v) is 35.4. The maximum absolute atomic E-state index is 13.7. The molecule has 62 heteroatoms. The summed E-state index contributed by atoms with van der Waals surface area (Å²) in [7, 11) is -5.67. The summed E-state index contributed by atoms with van der Waals surface area (Å²) in [5, 5.41) is 325. The maximum atomic E-state index is 13.7. The first-order valence-corrected chi connectivity index (χ1v) is 44.4. The molecule has 4 amide bonds. The van der Waals surface area contributed by atoms with Gasteiger partial charge in [0.25, 0.3) is 0 Å². The summed E-state index contributed by atoms with van der Waals surface area (Å²) >= 11 is 0. The zero-order chi connectivity index (χ0) is 100. The lowest BCUT2D eigenvalue weighted by molar-refractivity contribution is -0.403. The molecule has 0 aromatic rings. The van der Waals surface area contributed by atoms with Crippen molar-refractivity contribution in [3.05, 3.63) is 0 Å². The van der Waals surface area contributed by atoms with Gasteiger partial charge in [-0.1, -0.05) is 0 Å². The first-order valence-electron chi connectivity index (χ1n) is 43.0. The van der Waals surface area contributed by atoms with E-state index in [-0.39, 0.29) is 0 Å². The number of aliphatic hydroxyl groups excluding tert-OH is 28. The Hall–Kier alpha value is -4.21. The minimum absolute atomic E-state index is 0.819. The van der Waals surface area contributed by atoms with Crippen molar-refractivity contribution in [1.29, 1.82) is 0 Å². The number of amides is 4. The fraction of sp³-hybridized carbons (Fsp3) is 0.946. The molecule has 11 aliphatic rings. The number of hydrogen-bond acceptors (Lipinski definition) is 56. The Kier molecular flexibility index (Phi) is 39.7. The zero-order valence-electron chi connectivity index (χ0n) is 72.9. The Morgan fingerprint density at radius 2 is 0.529 bits per heavy atom. The Morgan fingerprint density at radius 3 is 0.978 bits per heavy atom. The quantitative estimate of drug-likeness (QED) is 0.0262. The van der Waals surface area contributed by atoms with E-state index in [1.165, 1.54) is 6.92 Å². The summed E-state index contributed by atoms with van der Waals surface area (Å²) in [6, 6.07) is -8.16. The third-order valence-electron chi connectivity index (χ3n) is 24.7. The Labute approximate surface area is 770 Å². The van der Waals surface area contributed by atoms with Crippen LogP contribution in [0.15, 0.2) is 0 Å². The molecule has 11 heterocycles. The lowest BCUT2D eigenvalue weighted by Crippen LogP contribution is -2.71. The summed E-state index contributed by atoms with van der Waals surface area (Å²) in [4.78, 5) is 52.7. The molecule has 61 nitrogen and oxygen atoms in total. The van der Waals surface area contributed by atoms with E-state index in [1.807, 2.05) is 0 Å². The van der Waals surface area contributed by atoms with Crippen LogP contribution in [0.3, 0.4) is 0 Å². The average Bonchev–Trinajstić information content (AvgIpc) is 0.754. The van der Waals surface area contributed by atoms with Gasteiger partial charge in [0.05, 0.1) is 71.7 Å². The van der Waals surface area contributed by atoms with Crippen LogP contribution >= 0.6 is 0 Å². The van der Waals surface area contributed by atoms with E-state index < -0.39 is 431 Å². The molecule has 136 heavy (non-hydrogen) atoms. The zero-order valence-corrected chi connectivity index (χ0v) is 73.7. The molecular weight excluding hydrogens is 1890 g/mol. The van der Waals surface area contributed by atoms with Crippen molar-refractivity contribution in [2.75, 3.05) is 59.5 Å². The molecule has 0 radical (unpaired) electrons. The summed E-state index contributed by atoms with van der Waals surface area (Å²) < 4.78 is 166. The van der Waals surface area contributed by atoms with Crippen LogP contribution in [0.2, 0.25) is 0 Å². The van der Waals surface area contributed by atoms with Crippen LogP contribution < -0.4 is 21.3 Å². The van der Waals surface area contributed by atoms with Gasteiger partial charge in [-0.2, -0.15) is 8.42 Å². The highest BCUT2D eigenvalue weighted by molar-refractivity contribution is 7.80. The van der Waals surface area contributed by atoms with E-state index in [1.54, 1.807) is 0 Å². The monoisotopic (exact) mass is 2010 g/mol. The largest absolute Gasteiger partial charge is 0.397 e. The molecule has 11 saturated heterocycles. The number of hydrogen-bond donors (Lipinski definition) is 33. The molecule has 11 aliphatic heterocycles. The van der Waals surface area contributed by atoms with Gasteiger partial charge in [-0.3, -0.25) is 23.7 Å². The molecule has 11 fully saturated rings. The third-order valence-corrected chi connectivity index (χ3v) is 25.1. The lowest BCUT2D eigenvalue weighted by atomic mass is 9.93. The average molecular weight is 2010 g/mol. The van der Waals surface area contributed by atoms with E-state index in [4.69, 9.17) is 104 Å². The molecule has 0 saturated carbocycles. The standard InChI is InChI=1S/C74H124N4O57S/c1-16-35(89)45(99)51(105)68(117-16)114-14-29-58(42(96)31(64(110)119-29)75-18(3)85)128-65-32(76-19(4)86)43(97)57(27(12-84)124-65)130-72-55(109)61(41(95)28(126-72)13-115-73-62(49(103)39(93)24(9-81)122-73)134-66-33(77-20(5)87)44(98)56(26(11-83)125-66)129-70-53(107)47(101)37(91)22(7-79)120-70)133-74-63(50(104)40(94)25(10-82)123-74)135-67-34(78-21(6)88)60(132-69-52(106)46(100)36(90)17(2)118-69)59(30(127-67)15-116-136(111,112)113)131-71-54(108)48(102)38(92)23(8-80)121-71/h16-17,22-74,79-84,89-110H,7-15H2,1-6H3,(H,75,85)(H,76,86)(H,77,87)(H,78,88)(H,111,112,113)/t16-,17-,22+,23+,24+,25+,26+,27+,28+,29+,30+,31+,32+,33+,34-,35+,36+,37-,38-,39+,40+,41+,42+,43+,44+,45+,46+,47-,48-,49-,50-,51-,52-,53+,54+,55-,56+,57+,58+,59+,60+,61-,62-,63-,64+,65-,66-,67-,68+,69-,70-,71-,72-,73-,74+/m0/s1. The van der Waals surface area contributed by atoms with Crippen LogP contribution in [0.1, 0.15) is 41.5 Å². The fourth-order valence-corrected chi connectivity index (χ4v) is 17.6. The predicted molar refractivity (Wildman–Crippen MR) is 416 cm³/mol. The van der Waals surface area contributed by atoms with E-state index in [0.717, 1.165) is 34.6 Å². The minimum atomic E-state index is -5.67. The number of aliphatic hydroxyl groups is 28. The molecular formula is C74H124N4O57S. The van der Waals surface area contributed by atoms with Crippen molar-refractivity contribution in [2.45, 2.75) is 379 Å². The highest BCUT2D eigenvalue weighted by Gasteiger charge is 2.63. The molecule has 33 N–H and O–H groups in total. The van der Waals surface area contributed by atoms with E-state index in [0.29, 0.717) is 0 Å².